The number of H-pyrrole nitrogens is 1. The molecular weight excluding hydrogens is 350 g/mol. The highest BCUT2D eigenvalue weighted by molar-refractivity contribution is 5.89. The summed E-state index contributed by atoms with van der Waals surface area (Å²) in [5, 5.41) is 4.21. The van der Waals surface area contributed by atoms with Crippen molar-refractivity contribution in [2.24, 2.45) is 5.92 Å². The molecule has 1 atom stereocenters. The van der Waals surface area contributed by atoms with Gasteiger partial charge in [-0.3, -0.25) is 9.59 Å². The van der Waals surface area contributed by atoms with Crippen LogP contribution < -0.4 is 5.32 Å². The Labute approximate surface area is 164 Å². The Hall–Kier alpha value is -3.08. The predicted octanol–water partition coefficient (Wildman–Crippen LogP) is 2.92. The predicted molar refractivity (Wildman–Crippen MR) is 110 cm³/mol. The number of fused-ring (bicyclic) bond motifs is 1. The van der Waals surface area contributed by atoms with Crippen LogP contribution in [0.3, 0.4) is 0 Å². The summed E-state index contributed by atoms with van der Waals surface area (Å²) in [5.41, 5.74) is 3.52. The summed E-state index contributed by atoms with van der Waals surface area (Å²) >= 11 is 0. The van der Waals surface area contributed by atoms with Crippen LogP contribution in [0.1, 0.15) is 17.5 Å². The number of aromatic amines is 1. The Morgan fingerprint density at radius 2 is 1.86 bits per heavy atom. The molecular formula is C23H25N3O2. The fraction of sp³-hybridized carbons (Fsp3) is 0.304. The lowest BCUT2D eigenvalue weighted by Crippen LogP contribution is -2.34. The number of carbonyl (C=O) groups is 2. The standard InChI is InChI=1S/C23H25N3O2/c27-22-14-19(16-26(22)13-11-17-6-2-1-3-7-17)23(28)24-12-10-18-15-25-21-9-5-4-8-20(18)21/h1-9,15,19,25H,10-14,16H2,(H,24,28). The average molecular weight is 375 g/mol. The SMILES string of the molecule is O=C(NCCc1c[nH]c2ccccc12)C1CC(=O)N(CCc2ccccc2)C1. The second-order valence-electron chi connectivity index (χ2n) is 7.38. The third kappa shape index (κ3) is 4.09. The van der Waals surface area contributed by atoms with Crippen molar-refractivity contribution in [2.45, 2.75) is 19.3 Å². The van der Waals surface area contributed by atoms with Crippen molar-refractivity contribution in [2.75, 3.05) is 19.6 Å². The molecule has 2 N–H and O–H groups in total. The summed E-state index contributed by atoms with van der Waals surface area (Å²) in [5.74, 6) is -0.186. The number of amides is 2. The first-order valence-electron chi connectivity index (χ1n) is 9.85. The van der Waals surface area contributed by atoms with E-state index in [2.05, 4.69) is 28.5 Å². The Morgan fingerprint density at radius 1 is 1.07 bits per heavy atom. The van der Waals surface area contributed by atoms with E-state index in [1.165, 1.54) is 16.5 Å². The minimum Gasteiger partial charge on any atom is -0.361 e. The van der Waals surface area contributed by atoms with Crippen LogP contribution in [0.15, 0.2) is 60.8 Å². The van der Waals surface area contributed by atoms with E-state index in [1.54, 1.807) is 0 Å². The van der Waals surface area contributed by atoms with Crippen molar-refractivity contribution in [1.29, 1.82) is 0 Å². The summed E-state index contributed by atoms with van der Waals surface area (Å²) in [6.45, 7) is 1.77. The lowest BCUT2D eigenvalue weighted by atomic mass is 10.1. The summed E-state index contributed by atoms with van der Waals surface area (Å²) in [6, 6.07) is 18.3. The number of benzene rings is 2. The maximum Gasteiger partial charge on any atom is 0.225 e. The Kier molecular flexibility index (Phi) is 5.42. The first kappa shape index (κ1) is 18.3. The molecule has 1 aliphatic heterocycles. The fourth-order valence-corrected chi connectivity index (χ4v) is 3.88. The van der Waals surface area contributed by atoms with Crippen LogP contribution in [0.25, 0.3) is 10.9 Å². The molecule has 2 amide bonds. The van der Waals surface area contributed by atoms with E-state index in [4.69, 9.17) is 0 Å². The van der Waals surface area contributed by atoms with Crippen LogP contribution >= 0.6 is 0 Å². The van der Waals surface area contributed by atoms with Gasteiger partial charge in [-0.25, -0.2) is 0 Å². The summed E-state index contributed by atoms with van der Waals surface area (Å²) < 4.78 is 0. The minimum atomic E-state index is -0.244. The number of nitrogens with one attached hydrogen (secondary N) is 2. The van der Waals surface area contributed by atoms with E-state index in [1.807, 2.05) is 47.5 Å². The van der Waals surface area contributed by atoms with Crippen LogP contribution in [0.2, 0.25) is 0 Å². The average Bonchev–Trinajstić information content (AvgIpc) is 3.31. The lowest BCUT2D eigenvalue weighted by molar-refractivity contribution is -0.129. The first-order chi connectivity index (χ1) is 13.7. The lowest BCUT2D eigenvalue weighted by Gasteiger charge is -2.16. The highest BCUT2D eigenvalue weighted by atomic mass is 16.2. The number of carbonyl (C=O) groups excluding carboxylic acids is 2. The second-order valence-corrected chi connectivity index (χ2v) is 7.38. The number of rotatable bonds is 7. The molecule has 0 spiro atoms. The third-order valence-electron chi connectivity index (χ3n) is 5.47. The van der Waals surface area contributed by atoms with E-state index in [0.717, 1.165) is 18.4 Å². The Bertz CT molecular complexity index is 964. The molecule has 28 heavy (non-hydrogen) atoms. The molecule has 0 aliphatic carbocycles. The number of likely N-dealkylation sites (tertiary alicyclic amines) is 1. The highest BCUT2D eigenvalue weighted by Crippen LogP contribution is 2.20. The number of nitrogens with zero attached hydrogens (tertiary/aromatic N) is 1. The molecule has 4 rings (SSSR count). The number of para-hydroxylation sites is 1. The smallest absolute Gasteiger partial charge is 0.225 e. The van der Waals surface area contributed by atoms with Crippen molar-refractivity contribution in [3.63, 3.8) is 0 Å². The molecule has 1 saturated heterocycles. The summed E-state index contributed by atoms with van der Waals surface area (Å²) in [4.78, 5) is 29.8. The molecule has 1 aromatic heterocycles. The summed E-state index contributed by atoms with van der Waals surface area (Å²) in [7, 11) is 0. The van der Waals surface area contributed by atoms with Crippen LogP contribution in [0, 0.1) is 5.92 Å². The van der Waals surface area contributed by atoms with E-state index in [-0.39, 0.29) is 17.7 Å². The van der Waals surface area contributed by atoms with Crippen LogP contribution in [-0.2, 0) is 22.4 Å². The zero-order chi connectivity index (χ0) is 19.3. The van der Waals surface area contributed by atoms with Gasteiger partial charge in [0, 0.05) is 43.2 Å². The fourth-order valence-electron chi connectivity index (χ4n) is 3.88. The Balaban J connectivity index is 1.25. The van der Waals surface area contributed by atoms with Gasteiger partial charge < -0.3 is 15.2 Å². The normalized spacial score (nSPS) is 16.6. The van der Waals surface area contributed by atoms with Crippen molar-refractivity contribution in [3.05, 3.63) is 71.9 Å². The van der Waals surface area contributed by atoms with Gasteiger partial charge in [-0.05, 0) is 30.0 Å². The van der Waals surface area contributed by atoms with Gasteiger partial charge in [-0.1, -0.05) is 48.5 Å². The van der Waals surface area contributed by atoms with E-state index in [9.17, 15) is 9.59 Å². The van der Waals surface area contributed by atoms with E-state index >= 15 is 0 Å². The first-order valence-corrected chi connectivity index (χ1v) is 9.85. The largest absolute Gasteiger partial charge is 0.361 e. The molecule has 5 heteroatoms. The second kappa shape index (κ2) is 8.30. The van der Waals surface area contributed by atoms with E-state index in [0.29, 0.717) is 26.1 Å². The van der Waals surface area contributed by atoms with Gasteiger partial charge in [-0.15, -0.1) is 0 Å². The third-order valence-corrected chi connectivity index (χ3v) is 5.47. The molecule has 0 bridgehead atoms. The monoisotopic (exact) mass is 375 g/mol. The van der Waals surface area contributed by atoms with Gasteiger partial charge >= 0.3 is 0 Å². The van der Waals surface area contributed by atoms with Crippen LogP contribution in [0.5, 0.6) is 0 Å². The minimum absolute atomic E-state index is 0.0181. The molecule has 5 nitrogen and oxygen atoms in total. The Morgan fingerprint density at radius 3 is 2.71 bits per heavy atom. The number of aromatic nitrogens is 1. The zero-order valence-corrected chi connectivity index (χ0v) is 15.9. The van der Waals surface area contributed by atoms with Gasteiger partial charge in [0.1, 0.15) is 0 Å². The number of hydrogen-bond acceptors (Lipinski definition) is 2. The quantitative estimate of drug-likeness (QED) is 0.667. The van der Waals surface area contributed by atoms with Gasteiger partial charge in [0.05, 0.1) is 5.92 Å². The van der Waals surface area contributed by atoms with Crippen LogP contribution in [-0.4, -0.2) is 41.3 Å². The molecule has 3 aromatic rings. The van der Waals surface area contributed by atoms with Gasteiger partial charge in [-0.2, -0.15) is 0 Å². The van der Waals surface area contributed by atoms with Crippen molar-refractivity contribution >= 4 is 22.7 Å². The maximum absolute atomic E-state index is 12.5. The molecule has 1 fully saturated rings. The molecule has 1 aliphatic rings. The van der Waals surface area contributed by atoms with Crippen LogP contribution in [0.4, 0.5) is 0 Å². The summed E-state index contributed by atoms with van der Waals surface area (Å²) in [6.07, 6.45) is 3.91. The maximum atomic E-state index is 12.5. The van der Waals surface area contributed by atoms with E-state index < -0.39 is 0 Å². The molecule has 0 radical (unpaired) electrons. The molecule has 0 saturated carbocycles. The van der Waals surface area contributed by atoms with Gasteiger partial charge in [0.15, 0.2) is 0 Å². The van der Waals surface area contributed by atoms with Crippen molar-refractivity contribution < 1.29 is 9.59 Å². The molecule has 2 heterocycles. The van der Waals surface area contributed by atoms with Crippen molar-refractivity contribution in [1.82, 2.24) is 15.2 Å². The number of hydrogen-bond donors (Lipinski definition) is 2. The molecule has 144 valence electrons. The topological polar surface area (TPSA) is 65.2 Å². The molecule has 2 aromatic carbocycles. The molecule has 1 unspecified atom stereocenters. The van der Waals surface area contributed by atoms with Gasteiger partial charge in [0.25, 0.3) is 0 Å². The van der Waals surface area contributed by atoms with Gasteiger partial charge in [0.2, 0.25) is 11.8 Å². The van der Waals surface area contributed by atoms with Crippen molar-refractivity contribution in [3.8, 4) is 0 Å². The highest BCUT2D eigenvalue weighted by Gasteiger charge is 2.33. The zero-order valence-electron chi connectivity index (χ0n) is 15.9.